The molecule has 0 saturated heterocycles. The summed E-state index contributed by atoms with van der Waals surface area (Å²) in [6.07, 6.45) is 11.0. The lowest BCUT2D eigenvalue weighted by Crippen LogP contribution is -2.58. The van der Waals surface area contributed by atoms with Crippen LogP contribution in [0.1, 0.15) is 66.2 Å². The van der Waals surface area contributed by atoms with Gasteiger partial charge in [0.1, 0.15) is 0 Å². The molecule has 1 aliphatic heterocycles. The first-order valence-corrected chi connectivity index (χ1v) is 13.3. The fourth-order valence-corrected chi connectivity index (χ4v) is 6.59. The minimum atomic E-state index is -4.10. The summed E-state index contributed by atoms with van der Waals surface area (Å²) in [6, 6.07) is -0.544. The van der Waals surface area contributed by atoms with Crippen molar-refractivity contribution >= 4 is 21.2 Å². The summed E-state index contributed by atoms with van der Waals surface area (Å²) < 4.78 is 18.2. The second kappa shape index (κ2) is 6.62. The van der Waals surface area contributed by atoms with E-state index in [2.05, 4.69) is 15.1 Å². The molecule has 0 radical (unpaired) electrons. The maximum Gasteiger partial charge on any atom is 0.330 e. The third-order valence-electron chi connectivity index (χ3n) is 6.54. The van der Waals surface area contributed by atoms with E-state index in [-0.39, 0.29) is 0 Å². The Hall–Kier alpha value is -2.26. The molecule has 1 fully saturated rings. The van der Waals surface area contributed by atoms with Crippen molar-refractivity contribution in [2.45, 2.75) is 75.6 Å². The second-order valence-corrected chi connectivity index (χ2v) is 12.6. The lowest BCUT2D eigenvalue weighted by Gasteiger charge is -2.35. The number of amides is 2. The number of hydrogen-bond acceptors (Lipinski definition) is 4. The topological polar surface area (TPSA) is 115 Å². The van der Waals surface area contributed by atoms with Crippen LogP contribution in [0.4, 0.5) is 10.5 Å². The Kier molecular flexibility index (Phi) is 4.34. The third-order valence-corrected chi connectivity index (χ3v) is 8.67. The molecule has 2 aliphatic carbocycles. The van der Waals surface area contributed by atoms with Gasteiger partial charge in [-0.2, -0.15) is 5.10 Å². The zero-order valence-corrected chi connectivity index (χ0v) is 18.5. The summed E-state index contributed by atoms with van der Waals surface area (Å²) in [7, 11) is -4.10. The van der Waals surface area contributed by atoms with Gasteiger partial charge >= 0.3 is 6.03 Å². The van der Waals surface area contributed by atoms with Crippen LogP contribution in [-0.4, -0.2) is 31.3 Å². The number of nitrogens with zero attached hydrogens (tertiary/aromatic N) is 3. The zero-order chi connectivity index (χ0) is 21.1. The van der Waals surface area contributed by atoms with Gasteiger partial charge in [0.15, 0.2) is 0 Å². The van der Waals surface area contributed by atoms with E-state index in [0.717, 1.165) is 91.8 Å². The van der Waals surface area contributed by atoms with Crippen molar-refractivity contribution < 1.29 is 9.00 Å². The van der Waals surface area contributed by atoms with Crippen molar-refractivity contribution in [3.63, 3.8) is 0 Å². The SMILES string of the molecule is Cc1c(C2CC2)nc2c(c1NC(=O)NS(C)(N)(=O)c1cnn3c1CCCC3)CCC2. The number of carbonyl (C=O) groups excluding carboxylic acids is 1. The quantitative estimate of drug-likeness (QED) is 0.692. The normalized spacial score (nSPS) is 19.5. The molecular weight excluding hydrogens is 400 g/mol. The Bertz CT molecular complexity index is 1110. The standard InChI is InChI=1S/C21H30N6O2S/c1-13-19(14-9-10-14)24-16-7-5-6-15(16)20(13)25-21(28)26-30(2,22,29)18-12-23-27-11-4-3-8-17(18)27/h12,14H,3-11H2,1-2H3,(H4,22,24,25,26,28,29). The number of aromatic nitrogens is 3. The van der Waals surface area contributed by atoms with Crippen LogP contribution in [-0.2, 0) is 35.2 Å². The van der Waals surface area contributed by atoms with E-state index in [1.54, 1.807) is 6.20 Å². The number of nitrogens with one attached hydrogen (secondary N) is 2. The number of anilines is 1. The van der Waals surface area contributed by atoms with Crippen LogP contribution >= 0.6 is 0 Å². The molecule has 2 amide bonds. The monoisotopic (exact) mass is 430 g/mol. The Morgan fingerprint density at radius 1 is 1.23 bits per heavy atom. The van der Waals surface area contributed by atoms with Gasteiger partial charge in [0.05, 0.1) is 22.5 Å². The van der Waals surface area contributed by atoms with Crippen LogP contribution in [0.25, 0.3) is 0 Å². The predicted octanol–water partition coefficient (Wildman–Crippen LogP) is 2.71. The van der Waals surface area contributed by atoms with Crippen LogP contribution in [0.5, 0.6) is 0 Å². The molecule has 1 saturated carbocycles. The molecule has 2 aromatic heterocycles. The molecule has 0 spiro atoms. The number of hydrogen-bond donors (Lipinski definition) is 3. The summed E-state index contributed by atoms with van der Waals surface area (Å²) in [5, 5.41) is 13.7. The summed E-state index contributed by atoms with van der Waals surface area (Å²) in [6.45, 7) is 2.81. The molecule has 30 heavy (non-hydrogen) atoms. The maximum atomic E-state index is 13.8. The van der Waals surface area contributed by atoms with Crippen molar-refractivity contribution in [1.82, 2.24) is 19.5 Å². The number of carbonyl (C=O) groups is 1. The highest BCUT2D eigenvalue weighted by atomic mass is 32.3. The number of fused-ring (bicyclic) bond motifs is 2. The van der Waals surface area contributed by atoms with Gasteiger partial charge in [-0.3, -0.25) is 19.5 Å². The van der Waals surface area contributed by atoms with Crippen molar-refractivity contribution in [1.29, 1.82) is 0 Å². The first-order chi connectivity index (χ1) is 14.2. The van der Waals surface area contributed by atoms with Gasteiger partial charge < -0.3 is 5.32 Å². The zero-order valence-electron chi connectivity index (χ0n) is 17.7. The first kappa shape index (κ1) is 19.7. The molecule has 8 nitrogen and oxygen atoms in total. The van der Waals surface area contributed by atoms with E-state index in [0.29, 0.717) is 10.8 Å². The highest BCUT2D eigenvalue weighted by Gasteiger charge is 2.37. The second-order valence-electron chi connectivity index (χ2n) is 9.15. The largest absolute Gasteiger partial charge is 0.330 e. The van der Waals surface area contributed by atoms with E-state index in [4.69, 9.17) is 10.1 Å². The third kappa shape index (κ3) is 3.33. The number of urea groups is 1. The van der Waals surface area contributed by atoms with E-state index in [1.807, 2.05) is 11.6 Å². The van der Waals surface area contributed by atoms with Gasteiger partial charge in [-0.15, -0.1) is 0 Å². The lowest BCUT2D eigenvalue weighted by molar-refractivity contribution is 0.256. The van der Waals surface area contributed by atoms with E-state index >= 15 is 0 Å². The minimum Gasteiger partial charge on any atom is -0.307 e. The van der Waals surface area contributed by atoms with Gasteiger partial charge in [0, 0.05) is 39.5 Å². The minimum absolute atomic E-state index is 0.442. The van der Waals surface area contributed by atoms with Gasteiger partial charge in [-0.05, 0) is 69.4 Å². The van der Waals surface area contributed by atoms with Crippen molar-refractivity contribution in [2.24, 2.45) is 5.14 Å². The van der Waals surface area contributed by atoms with Crippen LogP contribution in [0.15, 0.2) is 11.1 Å². The van der Waals surface area contributed by atoms with Gasteiger partial charge in [-0.1, -0.05) is 0 Å². The smallest absolute Gasteiger partial charge is 0.307 e. The van der Waals surface area contributed by atoms with E-state index in [9.17, 15) is 9.00 Å². The molecule has 3 aliphatic rings. The van der Waals surface area contributed by atoms with Crippen molar-refractivity contribution in [3.8, 4) is 0 Å². The Balaban J connectivity index is 1.44. The molecule has 0 aromatic carbocycles. The fourth-order valence-electron chi connectivity index (χ4n) is 4.87. The van der Waals surface area contributed by atoms with Crippen molar-refractivity contribution in [3.05, 3.63) is 34.4 Å². The highest BCUT2D eigenvalue weighted by Crippen LogP contribution is 2.44. The van der Waals surface area contributed by atoms with Crippen LogP contribution in [0, 0.1) is 6.92 Å². The van der Waals surface area contributed by atoms with Crippen LogP contribution < -0.4 is 15.2 Å². The summed E-state index contributed by atoms with van der Waals surface area (Å²) in [5.41, 5.74) is 5.99. The average molecular weight is 431 g/mol. The summed E-state index contributed by atoms with van der Waals surface area (Å²) in [5.74, 6) is 0.497. The van der Waals surface area contributed by atoms with Gasteiger partial charge in [-0.25, -0.2) is 9.00 Å². The molecule has 5 rings (SSSR count). The Morgan fingerprint density at radius 3 is 2.80 bits per heavy atom. The number of nitrogens with two attached hydrogens (primary N) is 1. The average Bonchev–Trinajstić information content (AvgIpc) is 3.23. The molecule has 9 heteroatoms. The number of pyridine rings is 1. The molecular formula is C21H30N6O2S. The van der Waals surface area contributed by atoms with E-state index in [1.165, 1.54) is 6.26 Å². The first-order valence-electron chi connectivity index (χ1n) is 10.8. The molecule has 0 bridgehead atoms. The van der Waals surface area contributed by atoms with E-state index < -0.39 is 15.5 Å². The lowest BCUT2D eigenvalue weighted by atomic mass is 10.0. The van der Waals surface area contributed by atoms with Crippen LogP contribution in [0.2, 0.25) is 0 Å². The van der Waals surface area contributed by atoms with Gasteiger partial charge in [0.2, 0.25) is 0 Å². The molecule has 2 aromatic rings. The Labute approximate surface area is 176 Å². The molecule has 0 unspecified atom stereocenters. The summed E-state index contributed by atoms with van der Waals surface area (Å²) >= 11 is 0. The van der Waals surface area contributed by atoms with Crippen LogP contribution in [0.3, 0.4) is 0 Å². The van der Waals surface area contributed by atoms with Crippen molar-refractivity contribution in [2.75, 3.05) is 11.6 Å². The molecule has 3 heterocycles. The molecule has 0 atom stereocenters. The molecule has 4 N–H and O–H groups in total. The van der Waals surface area contributed by atoms with Gasteiger partial charge in [0.25, 0.3) is 0 Å². The summed E-state index contributed by atoms with van der Waals surface area (Å²) in [4.78, 5) is 18.4. The highest BCUT2D eigenvalue weighted by molar-refractivity contribution is 8.16. The number of aryl methyl sites for hydroxylation is 2. The predicted molar refractivity (Wildman–Crippen MR) is 117 cm³/mol. The fraction of sp³-hybridized carbons (Fsp3) is 0.571. The number of rotatable bonds is 4. The maximum absolute atomic E-state index is 13.8. The Morgan fingerprint density at radius 2 is 2.03 bits per heavy atom. The molecule has 162 valence electrons.